The highest BCUT2D eigenvalue weighted by atomic mass is 35.5. The molecule has 0 bridgehead atoms. The van der Waals surface area contributed by atoms with Crippen molar-refractivity contribution in [1.29, 1.82) is 0 Å². The van der Waals surface area contributed by atoms with Gasteiger partial charge in [0.15, 0.2) is 0 Å². The van der Waals surface area contributed by atoms with Crippen molar-refractivity contribution in [2.24, 2.45) is 11.8 Å². The van der Waals surface area contributed by atoms with E-state index in [2.05, 4.69) is 17.6 Å². The quantitative estimate of drug-likeness (QED) is 0.844. The highest BCUT2D eigenvalue weighted by Gasteiger charge is 2.22. The number of carbonyl (C=O) groups is 1. The zero-order chi connectivity index (χ0) is 15.1. The van der Waals surface area contributed by atoms with E-state index in [9.17, 15) is 4.79 Å². The molecular weight excluding hydrogens is 300 g/mol. The van der Waals surface area contributed by atoms with Crippen LogP contribution in [0.3, 0.4) is 0 Å². The molecule has 1 aromatic rings. The molecule has 22 heavy (non-hydrogen) atoms. The summed E-state index contributed by atoms with van der Waals surface area (Å²) in [6.07, 6.45) is 2.94. The summed E-state index contributed by atoms with van der Waals surface area (Å²) in [6.45, 7) is 4.86. The number of halogens is 1. The van der Waals surface area contributed by atoms with Crippen LogP contribution in [-0.4, -0.2) is 26.1 Å². The number of ether oxygens (including phenoxy) is 1. The molecule has 2 rings (SSSR count). The SMILES string of the molecule is COCc1ccccc1NC(=O)CC(C)C1CCNCC1.Cl. The maximum absolute atomic E-state index is 12.3. The highest BCUT2D eigenvalue weighted by molar-refractivity contribution is 5.91. The van der Waals surface area contributed by atoms with Gasteiger partial charge in [0, 0.05) is 24.8 Å². The zero-order valence-electron chi connectivity index (χ0n) is 13.4. The molecule has 1 heterocycles. The van der Waals surface area contributed by atoms with Gasteiger partial charge in [-0.05, 0) is 43.8 Å². The Bertz CT molecular complexity index is 462. The van der Waals surface area contributed by atoms with Crippen LogP contribution in [0, 0.1) is 11.8 Å². The fourth-order valence-corrected chi connectivity index (χ4v) is 3.00. The van der Waals surface area contributed by atoms with Crippen molar-refractivity contribution < 1.29 is 9.53 Å². The predicted molar refractivity (Wildman–Crippen MR) is 92.4 cm³/mol. The number of methoxy groups -OCH3 is 1. The van der Waals surface area contributed by atoms with Crippen LogP contribution in [-0.2, 0) is 16.1 Å². The van der Waals surface area contributed by atoms with Crippen molar-refractivity contribution in [3.8, 4) is 0 Å². The Morgan fingerprint density at radius 2 is 2.05 bits per heavy atom. The third-order valence-corrected chi connectivity index (χ3v) is 4.29. The van der Waals surface area contributed by atoms with Crippen molar-refractivity contribution in [3.63, 3.8) is 0 Å². The van der Waals surface area contributed by atoms with E-state index in [1.165, 1.54) is 12.8 Å². The first kappa shape index (κ1) is 18.9. The Morgan fingerprint density at radius 1 is 1.36 bits per heavy atom. The van der Waals surface area contributed by atoms with E-state index in [4.69, 9.17) is 4.74 Å². The van der Waals surface area contributed by atoms with E-state index in [1.807, 2.05) is 24.3 Å². The van der Waals surface area contributed by atoms with Gasteiger partial charge in [0.25, 0.3) is 0 Å². The van der Waals surface area contributed by atoms with Crippen LogP contribution < -0.4 is 10.6 Å². The minimum atomic E-state index is 0. The molecule has 1 aromatic carbocycles. The van der Waals surface area contributed by atoms with Gasteiger partial charge in [-0.2, -0.15) is 0 Å². The summed E-state index contributed by atoms with van der Waals surface area (Å²) in [7, 11) is 1.66. The molecule has 1 unspecified atom stereocenters. The number of anilines is 1. The number of amides is 1. The van der Waals surface area contributed by atoms with Gasteiger partial charge in [0.1, 0.15) is 0 Å². The molecule has 0 saturated carbocycles. The Kier molecular flexibility index (Phi) is 8.46. The van der Waals surface area contributed by atoms with Gasteiger partial charge in [0.05, 0.1) is 6.61 Å². The number of hydrogen-bond acceptors (Lipinski definition) is 3. The van der Waals surface area contributed by atoms with Crippen molar-refractivity contribution in [1.82, 2.24) is 5.32 Å². The van der Waals surface area contributed by atoms with E-state index in [0.29, 0.717) is 24.9 Å². The van der Waals surface area contributed by atoms with E-state index in [0.717, 1.165) is 24.3 Å². The highest BCUT2D eigenvalue weighted by Crippen LogP contribution is 2.25. The van der Waals surface area contributed by atoms with Crippen molar-refractivity contribution in [3.05, 3.63) is 29.8 Å². The fraction of sp³-hybridized carbons (Fsp3) is 0.588. The molecule has 1 fully saturated rings. The number of benzene rings is 1. The minimum Gasteiger partial charge on any atom is -0.380 e. The first-order chi connectivity index (χ1) is 10.2. The van der Waals surface area contributed by atoms with Crippen LogP contribution in [0.2, 0.25) is 0 Å². The van der Waals surface area contributed by atoms with E-state index in [1.54, 1.807) is 7.11 Å². The van der Waals surface area contributed by atoms with Crippen LogP contribution in [0.4, 0.5) is 5.69 Å². The lowest BCUT2D eigenvalue weighted by Crippen LogP contribution is -2.32. The third-order valence-electron chi connectivity index (χ3n) is 4.29. The largest absolute Gasteiger partial charge is 0.380 e. The van der Waals surface area contributed by atoms with Gasteiger partial charge >= 0.3 is 0 Å². The maximum Gasteiger partial charge on any atom is 0.224 e. The van der Waals surface area contributed by atoms with Crippen LogP contribution in [0.1, 0.15) is 31.7 Å². The standard InChI is InChI=1S/C17H26N2O2.ClH/c1-13(14-7-9-18-10-8-14)11-17(20)19-16-6-4-3-5-15(16)12-21-2;/h3-6,13-14,18H,7-12H2,1-2H3,(H,19,20);1H. The predicted octanol–water partition coefficient (Wildman–Crippen LogP) is 3.22. The number of nitrogens with one attached hydrogen (secondary N) is 2. The molecule has 0 aliphatic carbocycles. The number of rotatable bonds is 6. The molecule has 5 heteroatoms. The van der Waals surface area contributed by atoms with Crippen LogP contribution in [0.25, 0.3) is 0 Å². The second kappa shape index (κ2) is 9.82. The van der Waals surface area contributed by atoms with E-state index in [-0.39, 0.29) is 18.3 Å². The number of hydrogen-bond donors (Lipinski definition) is 2. The van der Waals surface area contributed by atoms with Crippen LogP contribution >= 0.6 is 12.4 Å². The van der Waals surface area contributed by atoms with Crippen molar-refractivity contribution >= 4 is 24.0 Å². The van der Waals surface area contributed by atoms with Gasteiger partial charge in [0.2, 0.25) is 5.91 Å². The summed E-state index contributed by atoms with van der Waals surface area (Å²) >= 11 is 0. The molecule has 1 aliphatic heterocycles. The van der Waals surface area contributed by atoms with Gasteiger partial charge in [-0.1, -0.05) is 25.1 Å². The molecule has 2 N–H and O–H groups in total. The Balaban J connectivity index is 0.00000242. The van der Waals surface area contributed by atoms with Crippen LogP contribution in [0.5, 0.6) is 0 Å². The number of para-hydroxylation sites is 1. The fourth-order valence-electron chi connectivity index (χ4n) is 3.00. The lowest BCUT2D eigenvalue weighted by Gasteiger charge is -2.28. The van der Waals surface area contributed by atoms with Gasteiger partial charge in [-0.25, -0.2) is 0 Å². The zero-order valence-corrected chi connectivity index (χ0v) is 14.2. The van der Waals surface area contributed by atoms with Gasteiger partial charge in [-0.15, -0.1) is 12.4 Å². The Morgan fingerprint density at radius 3 is 2.73 bits per heavy atom. The summed E-state index contributed by atoms with van der Waals surface area (Å²) in [4.78, 5) is 12.3. The minimum absolute atomic E-state index is 0. The van der Waals surface area contributed by atoms with Crippen molar-refractivity contribution in [2.75, 3.05) is 25.5 Å². The smallest absolute Gasteiger partial charge is 0.224 e. The lowest BCUT2D eigenvalue weighted by atomic mass is 9.84. The normalized spacial score (nSPS) is 16.6. The molecule has 0 aromatic heterocycles. The third kappa shape index (κ3) is 5.59. The number of carbonyl (C=O) groups excluding carboxylic acids is 1. The molecule has 1 amide bonds. The second-order valence-electron chi connectivity index (χ2n) is 5.91. The molecule has 0 spiro atoms. The van der Waals surface area contributed by atoms with Gasteiger partial charge in [-0.3, -0.25) is 4.79 Å². The van der Waals surface area contributed by atoms with E-state index >= 15 is 0 Å². The van der Waals surface area contributed by atoms with Crippen LogP contribution in [0.15, 0.2) is 24.3 Å². The molecule has 1 atom stereocenters. The molecule has 1 aliphatic rings. The Labute approximate surface area is 139 Å². The average molecular weight is 327 g/mol. The molecule has 124 valence electrons. The number of piperidine rings is 1. The molecule has 0 radical (unpaired) electrons. The van der Waals surface area contributed by atoms with Gasteiger partial charge < -0.3 is 15.4 Å². The summed E-state index contributed by atoms with van der Waals surface area (Å²) in [6, 6.07) is 7.81. The summed E-state index contributed by atoms with van der Waals surface area (Å²) in [5, 5.41) is 6.40. The topological polar surface area (TPSA) is 50.4 Å². The van der Waals surface area contributed by atoms with E-state index < -0.39 is 0 Å². The molecular formula is C17H27ClN2O2. The summed E-state index contributed by atoms with van der Waals surface area (Å²) in [5.41, 5.74) is 1.88. The lowest BCUT2D eigenvalue weighted by molar-refractivity contribution is -0.117. The maximum atomic E-state index is 12.3. The first-order valence-corrected chi connectivity index (χ1v) is 7.78. The Hall–Kier alpha value is -1.10. The summed E-state index contributed by atoms with van der Waals surface area (Å²) in [5.74, 6) is 1.19. The second-order valence-corrected chi connectivity index (χ2v) is 5.91. The molecule has 1 saturated heterocycles. The first-order valence-electron chi connectivity index (χ1n) is 7.78. The summed E-state index contributed by atoms with van der Waals surface area (Å²) < 4.78 is 5.17. The molecule has 4 nitrogen and oxygen atoms in total. The van der Waals surface area contributed by atoms with Crippen molar-refractivity contribution in [2.45, 2.75) is 32.8 Å². The monoisotopic (exact) mass is 326 g/mol. The average Bonchev–Trinajstić information content (AvgIpc) is 2.50.